The molecule has 154 valence electrons. The third-order valence-corrected chi connectivity index (χ3v) is 5.04. The van der Waals surface area contributed by atoms with E-state index in [1.807, 2.05) is 12.1 Å². The van der Waals surface area contributed by atoms with E-state index in [9.17, 15) is 0 Å². The van der Waals surface area contributed by atoms with E-state index in [1.165, 1.54) is 6.42 Å². The predicted molar refractivity (Wildman–Crippen MR) is 126 cm³/mol. The zero-order valence-corrected chi connectivity index (χ0v) is 19.8. The van der Waals surface area contributed by atoms with Crippen molar-refractivity contribution in [3.63, 3.8) is 0 Å². The minimum Gasteiger partial charge on any atom is -0.379 e. The summed E-state index contributed by atoms with van der Waals surface area (Å²) in [5, 5.41) is 8.14. The van der Waals surface area contributed by atoms with Gasteiger partial charge in [-0.05, 0) is 49.9 Å². The molecule has 0 spiro atoms. The van der Waals surface area contributed by atoms with Crippen molar-refractivity contribution in [3.05, 3.63) is 33.8 Å². The highest BCUT2D eigenvalue weighted by Crippen LogP contribution is 2.21. The number of ether oxygens (including phenoxy) is 1. The molecule has 0 aromatic heterocycles. The molecule has 1 aromatic rings. The van der Waals surface area contributed by atoms with Gasteiger partial charge in [-0.3, -0.25) is 9.89 Å². The lowest BCUT2D eigenvalue weighted by molar-refractivity contribution is 0.0372. The first-order chi connectivity index (χ1) is 12.7. The van der Waals surface area contributed by atoms with Crippen molar-refractivity contribution in [2.75, 3.05) is 53.0 Å². The van der Waals surface area contributed by atoms with Crippen LogP contribution in [0.4, 0.5) is 0 Å². The number of halogens is 3. The van der Waals surface area contributed by atoms with Crippen molar-refractivity contribution in [2.45, 2.75) is 25.7 Å². The van der Waals surface area contributed by atoms with Crippen LogP contribution in [0.5, 0.6) is 0 Å². The fourth-order valence-corrected chi connectivity index (χ4v) is 3.43. The predicted octanol–water partition coefficient (Wildman–Crippen LogP) is 3.82. The van der Waals surface area contributed by atoms with Gasteiger partial charge in [-0.1, -0.05) is 29.3 Å². The first-order valence-electron chi connectivity index (χ1n) is 9.37. The molecule has 2 N–H and O–H groups in total. The van der Waals surface area contributed by atoms with Crippen LogP contribution in [-0.4, -0.2) is 63.8 Å². The van der Waals surface area contributed by atoms with Gasteiger partial charge in [-0.15, -0.1) is 24.0 Å². The van der Waals surface area contributed by atoms with Crippen LogP contribution in [0, 0.1) is 0 Å². The maximum Gasteiger partial charge on any atom is 0.190 e. The zero-order chi connectivity index (χ0) is 18.6. The van der Waals surface area contributed by atoms with Gasteiger partial charge >= 0.3 is 0 Å². The van der Waals surface area contributed by atoms with Crippen LogP contribution in [0.15, 0.2) is 23.2 Å². The van der Waals surface area contributed by atoms with Crippen LogP contribution in [0.3, 0.4) is 0 Å². The Labute approximate surface area is 190 Å². The summed E-state index contributed by atoms with van der Waals surface area (Å²) in [7, 11) is 1.80. The zero-order valence-electron chi connectivity index (χ0n) is 16.0. The molecule has 8 heteroatoms. The second-order valence-corrected chi connectivity index (χ2v) is 7.27. The van der Waals surface area contributed by atoms with Gasteiger partial charge in [0, 0.05) is 43.3 Å². The number of unbranched alkanes of at least 4 members (excludes halogenated alkanes) is 1. The largest absolute Gasteiger partial charge is 0.379 e. The summed E-state index contributed by atoms with van der Waals surface area (Å²) in [6, 6.07) is 5.67. The molecule has 1 aromatic carbocycles. The molecule has 1 fully saturated rings. The molecule has 0 bridgehead atoms. The van der Waals surface area contributed by atoms with Crippen molar-refractivity contribution < 1.29 is 4.74 Å². The van der Waals surface area contributed by atoms with E-state index in [-0.39, 0.29) is 24.0 Å². The Bertz CT molecular complexity index is 569. The molecule has 0 unspecified atom stereocenters. The lowest BCUT2D eigenvalue weighted by Crippen LogP contribution is -2.39. The smallest absolute Gasteiger partial charge is 0.190 e. The molecule has 1 saturated heterocycles. The molecule has 1 heterocycles. The molecule has 2 rings (SSSR count). The fraction of sp³-hybridized carbons (Fsp3) is 0.632. The van der Waals surface area contributed by atoms with E-state index in [1.54, 1.807) is 13.1 Å². The molecular weight excluding hydrogens is 498 g/mol. The number of hydrogen-bond acceptors (Lipinski definition) is 3. The Balaban J connectivity index is 0.00000364. The average molecular weight is 529 g/mol. The minimum atomic E-state index is 0. The van der Waals surface area contributed by atoms with Crippen molar-refractivity contribution in [1.82, 2.24) is 15.5 Å². The van der Waals surface area contributed by atoms with E-state index in [0.717, 1.165) is 81.7 Å². The highest BCUT2D eigenvalue weighted by Gasteiger charge is 2.09. The fourth-order valence-electron chi connectivity index (χ4n) is 2.92. The normalized spacial score (nSPS) is 15.3. The summed E-state index contributed by atoms with van der Waals surface area (Å²) in [5.74, 6) is 0.860. The average Bonchev–Trinajstić information content (AvgIpc) is 2.65. The van der Waals surface area contributed by atoms with Gasteiger partial charge in [0.2, 0.25) is 0 Å². The summed E-state index contributed by atoms with van der Waals surface area (Å²) in [4.78, 5) is 6.74. The van der Waals surface area contributed by atoms with Crippen LogP contribution < -0.4 is 10.6 Å². The summed E-state index contributed by atoms with van der Waals surface area (Å²) in [6.45, 7) is 6.81. The van der Waals surface area contributed by atoms with E-state index < -0.39 is 0 Å². The first kappa shape index (κ1) is 24.8. The molecule has 0 amide bonds. The van der Waals surface area contributed by atoms with Gasteiger partial charge in [-0.2, -0.15) is 0 Å². The highest BCUT2D eigenvalue weighted by atomic mass is 127. The maximum atomic E-state index is 6.20. The van der Waals surface area contributed by atoms with Gasteiger partial charge in [0.15, 0.2) is 5.96 Å². The maximum absolute atomic E-state index is 6.20. The second-order valence-electron chi connectivity index (χ2n) is 6.43. The van der Waals surface area contributed by atoms with Crippen LogP contribution in [-0.2, 0) is 11.2 Å². The Morgan fingerprint density at radius 1 is 1.11 bits per heavy atom. The summed E-state index contributed by atoms with van der Waals surface area (Å²) >= 11 is 12.1. The third-order valence-electron chi connectivity index (χ3n) is 4.45. The van der Waals surface area contributed by atoms with E-state index >= 15 is 0 Å². The lowest BCUT2D eigenvalue weighted by atomic mass is 10.1. The van der Waals surface area contributed by atoms with Gasteiger partial charge in [-0.25, -0.2) is 0 Å². The van der Waals surface area contributed by atoms with E-state index in [2.05, 4.69) is 20.5 Å². The van der Waals surface area contributed by atoms with Gasteiger partial charge < -0.3 is 15.4 Å². The van der Waals surface area contributed by atoms with Gasteiger partial charge in [0.25, 0.3) is 0 Å². The summed E-state index contributed by atoms with van der Waals surface area (Å²) < 4.78 is 5.37. The van der Waals surface area contributed by atoms with Crippen LogP contribution in [0.1, 0.15) is 24.8 Å². The van der Waals surface area contributed by atoms with E-state index in [0.29, 0.717) is 5.02 Å². The first-order valence-corrected chi connectivity index (χ1v) is 10.1. The van der Waals surface area contributed by atoms with Crippen molar-refractivity contribution in [3.8, 4) is 0 Å². The quantitative estimate of drug-likeness (QED) is 0.221. The Kier molecular flexibility index (Phi) is 13.5. The van der Waals surface area contributed by atoms with Crippen molar-refractivity contribution in [2.24, 2.45) is 4.99 Å². The molecule has 5 nitrogen and oxygen atoms in total. The van der Waals surface area contributed by atoms with Gasteiger partial charge in [0.05, 0.1) is 13.2 Å². The number of guanidine groups is 1. The Morgan fingerprint density at radius 2 is 1.81 bits per heavy atom. The Morgan fingerprint density at radius 3 is 2.48 bits per heavy atom. The molecule has 1 aliphatic rings. The summed E-state index contributed by atoms with van der Waals surface area (Å²) in [5.41, 5.74) is 1.13. The highest BCUT2D eigenvalue weighted by molar-refractivity contribution is 14.0. The standard InChI is InChI=1S/C19H30Cl2N4O.HI/c1-22-19(23-8-2-3-10-25-11-13-26-14-12-25)24-9-4-5-16-6-7-17(20)15-18(16)21;/h6-7,15H,2-5,8-14H2,1H3,(H2,22,23,24);1H. The number of aryl methyl sites for hydroxylation is 1. The number of morpholine rings is 1. The van der Waals surface area contributed by atoms with E-state index in [4.69, 9.17) is 27.9 Å². The minimum absolute atomic E-state index is 0. The lowest BCUT2D eigenvalue weighted by Gasteiger charge is -2.26. The molecule has 0 atom stereocenters. The summed E-state index contributed by atoms with van der Waals surface area (Å²) in [6.07, 6.45) is 4.23. The van der Waals surface area contributed by atoms with Crippen LogP contribution in [0.2, 0.25) is 10.0 Å². The molecule has 0 radical (unpaired) electrons. The van der Waals surface area contributed by atoms with Crippen LogP contribution >= 0.6 is 47.2 Å². The van der Waals surface area contributed by atoms with Crippen LogP contribution in [0.25, 0.3) is 0 Å². The molecule has 0 saturated carbocycles. The van der Waals surface area contributed by atoms with Crippen molar-refractivity contribution in [1.29, 1.82) is 0 Å². The Hall–Kier alpha value is -0.280. The topological polar surface area (TPSA) is 48.9 Å². The second kappa shape index (κ2) is 14.7. The SMILES string of the molecule is CN=C(NCCCCN1CCOCC1)NCCCc1ccc(Cl)cc1Cl.I. The monoisotopic (exact) mass is 528 g/mol. The number of nitrogens with one attached hydrogen (secondary N) is 2. The number of hydrogen-bond donors (Lipinski definition) is 2. The molecule has 1 aliphatic heterocycles. The van der Waals surface area contributed by atoms with Crippen molar-refractivity contribution >= 4 is 53.1 Å². The molecule has 0 aliphatic carbocycles. The molecular formula is C19H31Cl2IN4O. The number of rotatable bonds is 9. The third kappa shape index (κ3) is 10.2. The number of aliphatic imine (C=N–C) groups is 1. The number of nitrogens with zero attached hydrogens (tertiary/aromatic N) is 2. The van der Waals surface area contributed by atoms with Gasteiger partial charge in [0.1, 0.15) is 0 Å². The number of benzene rings is 1. The molecule has 27 heavy (non-hydrogen) atoms.